The molecule has 1 aliphatic rings. The van der Waals surface area contributed by atoms with Crippen LogP contribution in [0.15, 0.2) is 4.79 Å². The fourth-order valence-electron chi connectivity index (χ4n) is 3.42. The van der Waals surface area contributed by atoms with E-state index in [4.69, 9.17) is 7.85 Å². The Balaban J connectivity index is 2.91. The maximum absolute atomic E-state index is 13.0. The Morgan fingerprint density at radius 3 is 2.00 bits per heavy atom. The van der Waals surface area contributed by atoms with Gasteiger partial charge in [-0.2, -0.15) is 0 Å². The van der Waals surface area contributed by atoms with Crippen molar-refractivity contribution in [2.45, 2.75) is 84.1 Å². The van der Waals surface area contributed by atoms with Gasteiger partial charge in [0, 0.05) is 22.5 Å². The van der Waals surface area contributed by atoms with Crippen molar-refractivity contribution in [1.82, 2.24) is 9.13 Å². The van der Waals surface area contributed by atoms with Crippen LogP contribution in [0.1, 0.15) is 72.7 Å². The molecule has 1 heterocycles. The summed E-state index contributed by atoms with van der Waals surface area (Å²) >= 11 is 0. The van der Waals surface area contributed by atoms with Gasteiger partial charge < -0.3 is 0 Å². The molecule has 1 aromatic heterocycles. The van der Waals surface area contributed by atoms with Crippen LogP contribution in [-0.2, 0) is 22.8 Å². The summed E-state index contributed by atoms with van der Waals surface area (Å²) in [6.07, 6.45) is 2.92. The summed E-state index contributed by atoms with van der Waals surface area (Å²) < 4.78 is 3.88. The van der Waals surface area contributed by atoms with Crippen LogP contribution >= 0.6 is 0 Å². The van der Waals surface area contributed by atoms with E-state index < -0.39 is 5.31 Å². The van der Waals surface area contributed by atoms with Crippen molar-refractivity contribution in [3.8, 4) is 0 Å². The van der Waals surface area contributed by atoms with Gasteiger partial charge in [-0.25, -0.2) is 4.79 Å². The second-order valence-corrected chi connectivity index (χ2v) is 8.36. The van der Waals surface area contributed by atoms with E-state index in [9.17, 15) is 4.79 Å². The van der Waals surface area contributed by atoms with Crippen LogP contribution in [0.3, 0.4) is 0 Å². The van der Waals surface area contributed by atoms with Crippen LogP contribution in [0.25, 0.3) is 0 Å². The molecule has 1 aromatic rings. The number of hydrogen-bond donors (Lipinski definition) is 0. The summed E-state index contributed by atoms with van der Waals surface area (Å²) in [4.78, 5) is 13.0. The third-order valence-electron chi connectivity index (χ3n) is 4.14. The number of imidazole rings is 1. The first kappa shape index (κ1) is 15.5. The molecule has 0 spiro atoms. The standard InChI is InChI=1S/C16H27BN2O/c1-14(2,3)18-11-9-8-10-16(7,17)12(11)19(13(18)20)15(4,5)6/h8-10H2,1-7H3. The molecule has 4 heteroatoms. The fourth-order valence-corrected chi connectivity index (χ4v) is 3.42. The largest absolute Gasteiger partial charge is 0.329 e. The second-order valence-electron chi connectivity index (χ2n) is 8.36. The molecular formula is C16H27BN2O. The molecule has 1 aliphatic carbocycles. The summed E-state index contributed by atoms with van der Waals surface area (Å²) in [7, 11) is 6.54. The van der Waals surface area contributed by atoms with E-state index in [-0.39, 0.29) is 16.8 Å². The molecule has 0 amide bonds. The molecule has 0 aliphatic heterocycles. The molecule has 0 fully saturated rings. The smallest absolute Gasteiger partial charge is 0.291 e. The number of fused-ring (bicyclic) bond motifs is 1. The predicted octanol–water partition coefficient (Wildman–Crippen LogP) is 2.88. The number of rotatable bonds is 0. The third-order valence-corrected chi connectivity index (χ3v) is 4.14. The van der Waals surface area contributed by atoms with Gasteiger partial charge >= 0.3 is 5.69 Å². The van der Waals surface area contributed by atoms with E-state index in [0.29, 0.717) is 0 Å². The summed E-state index contributed by atoms with van der Waals surface area (Å²) in [5.41, 5.74) is 1.78. The van der Waals surface area contributed by atoms with Crippen LogP contribution in [0.2, 0.25) is 0 Å². The molecule has 3 nitrogen and oxygen atoms in total. The third kappa shape index (κ3) is 2.27. The van der Waals surface area contributed by atoms with E-state index in [1.54, 1.807) is 0 Å². The van der Waals surface area contributed by atoms with Gasteiger partial charge in [0.2, 0.25) is 0 Å². The summed E-state index contributed by atoms with van der Waals surface area (Å²) in [6.45, 7) is 14.5. The van der Waals surface area contributed by atoms with Gasteiger partial charge in [-0.15, -0.1) is 0 Å². The molecule has 2 rings (SSSR count). The SMILES string of the molecule is [B]C1(C)CCCc2c1n(C(C)(C)C)c(=O)n2C(C)(C)C. The lowest BCUT2D eigenvalue weighted by atomic mass is 9.61. The molecule has 2 radical (unpaired) electrons. The predicted molar refractivity (Wildman–Crippen MR) is 84.7 cm³/mol. The highest BCUT2D eigenvalue weighted by atomic mass is 16.2. The van der Waals surface area contributed by atoms with Crippen molar-refractivity contribution in [3.63, 3.8) is 0 Å². The van der Waals surface area contributed by atoms with Crippen molar-refractivity contribution in [1.29, 1.82) is 0 Å². The first-order valence-electron chi connectivity index (χ1n) is 7.54. The van der Waals surface area contributed by atoms with E-state index in [0.717, 1.165) is 30.7 Å². The van der Waals surface area contributed by atoms with Gasteiger partial charge in [0.1, 0.15) is 0 Å². The molecule has 110 valence electrons. The Kier molecular flexibility index (Phi) is 3.31. The van der Waals surface area contributed by atoms with Crippen molar-refractivity contribution >= 4 is 7.85 Å². The Morgan fingerprint density at radius 2 is 1.55 bits per heavy atom. The number of nitrogens with zero attached hydrogens (tertiary/aromatic N) is 2. The number of aromatic nitrogens is 2. The lowest BCUT2D eigenvalue weighted by molar-refractivity contribution is 0.333. The molecule has 0 N–H and O–H groups in total. The summed E-state index contributed by atoms with van der Waals surface area (Å²) in [6, 6.07) is 0. The molecule has 20 heavy (non-hydrogen) atoms. The second kappa shape index (κ2) is 4.28. The van der Waals surface area contributed by atoms with Gasteiger partial charge in [-0.3, -0.25) is 9.13 Å². The minimum Gasteiger partial charge on any atom is -0.291 e. The average Bonchev–Trinajstić information content (AvgIpc) is 2.49. The van der Waals surface area contributed by atoms with E-state index in [1.165, 1.54) is 0 Å². The first-order valence-corrected chi connectivity index (χ1v) is 7.54. The average molecular weight is 274 g/mol. The lowest BCUT2D eigenvalue weighted by Gasteiger charge is -2.36. The minimum atomic E-state index is -0.420. The van der Waals surface area contributed by atoms with E-state index in [1.807, 2.05) is 9.13 Å². The van der Waals surface area contributed by atoms with Crippen LogP contribution in [0.5, 0.6) is 0 Å². The molecule has 0 saturated heterocycles. The van der Waals surface area contributed by atoms with Crippen LogP contribution in [-0.4, -0.2) is 17.0 Å². The van der Waals surface area contributed by atoms with Crippen LogP contribution < -0.4 is 5.69 Å². The lowest BCUT2D eigenvalue weighted by Crippen LogP contribution is -2.41. The fraction of sp³-hybridized carbons (Fsp3) is 0.812. The van der Waals surface area contributed by atoms with Crippen molar-refractivity contribution in [2.24, 2.45) is 0 Å². The van der Waals surface area contributed by atoms with E-state index in [2.05, 4.69) is 48.5 Å². The Labute approximate surface area is 123 Å². The molecule has 0 bridgehead atoms. The van der Waals surface area contributed by atoms with Crippen LogP contribution in [0, 0.1) is 0 Å². The van der Waals surface area contributed by atoms with Gasteiger partial charge in [0.15, 0.2) is 0 Å². The molecule has 0 saturated carbocycles. The minimum absolute atomic E-state index is 0.0774. The van der Waals surface area contributed by atoms with Crippen molar-refractivity contribution < 1.29 is 0 Å². The zero-order valence-corrected chi connectivity index (χ0v) is 14.0. The maximum Gasteiger partial charge on any atom is 0.329 e. The highest BCUT2D eigenvalue weighted by Gasteiger charge is 2.39. The zero-order chi connectivity index (χ0) is 15.5. The van der Waals surface area contributed by atoms with Gasteiger partial charge in [-0.05, 0) is 59.7 Å². The molecule has 1 atom stereocenters. The van der Waals surface area contributed by atoms with Gasteiger partial charge in [-0.1, -0.05) is 13.3 Å². The van der Waals surface area contributed by atoms with Crippen molar-refractivity contribution in [2.75, 3.05) is 0 Å². The van der Waals surface area contributed by atoms with Gasteiger partial charge in [0.05, 0.1) is 7.85 Å². The molecular weight excluding hydrogens is 247 g/mol. The normalized spacial score (nSPS) is 23.8. The quantitative estimate of drug-likeness (QED) is 0.668. The Hall–Kier alpha value is -0.925. The number of hydrogen-bond acceptors (Lipinski definition) is 1. The highest BCUT2D eigenvalue weighted by Crippen LogP contribution is 2.37. The molecule has 1 unspecified atom stereocenters. The molecule has 0 aromatic carbocycles. The Bertz CT molecular complexity index is 579. The zero-order valence-electron chi connectivity index (χ0n) is 14.0. The Morgan fingerprint density at radius 1 is 1.05 bits per heavy atom. The van der Waals surface area contributed by atoms with Gasteiger partial charge in [0.25, 0.3) is 0 Å². The first-order chi connectivity index (χ1) is 8.87. The van der Waals surface area contributed by atoms with Crippen molar-refractivity contribution in [3.05, 3.63) is 21.9 Å². The summed E-state index contributed by atoms with van der Waals surface area (Å²) in [5, 5.41) is -0.420. The van der Waals surface area contributed by atoms with E-state index >= 15 is 0 Å². The van der Waals surface area contributed by atoms with Crippen LogP contribution in [0.4, 0.5) is 0 Å². The topological polar surface area (TPSA) is 26.9 Å². The summed E-state index contributed by atoms with van der Waals surface area (Å²) in [5.74, 6) is 0. The monoisotopic (exact) mass is 274 g/mol. The highest BCUT2D eigenvalue weighted by molar-refractivity contribution is 6.15. The maximum atomic E-state index is 13.0.